The number of carbonyl (C=O) groups is 1. The number of amides is 1. The highest BCUT2D eigenvalue weighted by molar-refractivity contribution is 9.10. The number of rotatable bonds is 13. The first-order valence-electron chi connectivity index (χ1n) is 16.2. The van der Waals surface area contributed by atoms with Crippen molar-refractivity contribution in [2.75, 3.05) is 18.1 Å². The first kappa shape index (κ1) is 36.4. The van der Waals surface area contributed by atoms with Crippen molar-refractivity contribution < 1.29 is 23.7 Å². The summed E-state index contributed by atoms with van der Waals surface area (Å²) < 4.78 is 25.0. The fourth-order valence-corrected chi connectivity index (χ4v) is 6.97. The van der Waals surface area contributed by atoms with E-state index in [1.165, 1.54) is 11.8 Å². The smallest absolute Gasteiger partial charge is 0.271 e. The van der Waals surface area contributed by atoms with Crippen LogP contribution in [-0.4, -0.2) is 24.3 Å². The van der Waals surface area contributed by atoms with Crippen LogP contribution in [0.1, 0.15) is 30.5 Å². The zero-order valence-corrected chi connectivity index (χ0v) is 31.7. The van der Waals surface area contributed by atoms with Crippen LogP contribution in [0.2, 0.25) is 10.0 Å². The van der Waals surface area contributed by atoms with Crippen LogP contribution in [0.3, 0.4) is 0 Å². The van der Waals surface area contributed by atoms with Crippen molar-refractivity contribution in [1.29, 1.82) is 0 Å². The molecule has 0 unspecified atom stereocenters. The second-order valence-corrected chi connectivity index (χ2v) is 13.9. The number of ether oxygens (including phenoxy) is 4. The lowest BCUT2D eigenvalue weighted by Crippen LogP contribution is -2.28. The first-order valence-corrected chi connectivity index (χ1v) is 18.5. The fourth-order valence-electron chi connectivity index (χ4n) is 5.14. The minimum absolute atomic E-state index is 0.217. The molecular formula is C40H33BrCl2N2O5S. The molecule has 0 aliphatic carbocycles. The van der Waals surface area contributed by atoms with E-state index < -0.39 is 0 Å². The number of nitrogens with zero attached hydrogens (tertiary/aromatic N) is 2. The molecule has 0 aromatic heterocycles. The van der Waals surface area contributed by atoms with Crippen LogP contribution in [0.4, 0.5) is 11.4 Å². The number of benzene rings is 5. The van der Waals surface area contributed by atoms with E-state index >= 15 is 0 Å². The van der Waals surface area contributed by atoms with Gasteiger partial charge in [0.25, 0.3) is 5.91 Å². The molecule has 7 nitrogen and oxygen atoms in total. The highest BCUT2D eigenvalue weighted by Gasteiger charge is 2.35. The number of carbonyl (C=O) groups excluding carboxylic acids is 1. The van der Waals surface area contributed by atoms with Crippen molar-refractivity contribution in [1.82, 2.24) is 0 Å². The molecule has 51 heavy (non-hydrogen) atoms. The monoisotopic (exact) mass is 802 g/mol. The summed E-state index contributed by atoms with van der Waals surface area (Å²) in [5.41, 5.74) is 4.03. The van der Waals surface area contributed by atoms with Crippen LogP contribution >= 0.6 is 50.9 Å². The Bertz CT molecular complexity index is 2060. The molecule has 0 atom stereocenters. The van der Waals surface area contributed by atoms with Crippen molar-refractivity contribution >= 4 is 79.4 Å². The van der Waals surface area contributed by atoms with Crippen LogP contribution in [-0.2, 0) is 18.0 Å². The Balaban J connectivity index is 1.24. The number of hydrogen-bond donors (Lipinski definition) is 0. The van der Waals surface area contributed by atoms with E-state index in [1.807, 2.05) is 80.6 Å². The molecule has 0 N–H and O–H groups in total. The number of aliphatic imine (C=N–C) groups is 1. The quantitative estimate of drug-likeness (QED) is 0.110. The number of thioether (sulfide) groups is 1. The van der Waals surface area contributed by atoms with Gasteiger partial charge >= 0.3 is 0 Å². The van der Waals surface area contributed by atoms with Crippen LogP contribution < -0.4 is 23.8 Å². The Morgan fingerprint density at radius 1 is 0.725 bits per heavy atom. The number of anilines is 1. The molecule has 5 aromatic rings. The molecule has 1 heterocycles. The molecule has 0 spiro atoms. The maximum atomic E-state index is 13.9. The largest absolute Gasteiger partial charge is 0.490 e. The van der Waals surface area contributed by atoms with Gasteiger partial charge in [-0.1, -0.05) is 59.6 Å². The summed E-state index contributed by atoms with van der Waals surface area (Å²) in [5, 5.41) is 1.67. The third-order valence-electron chi connectivity index (χ3n) is 7.50. The van der Waals surface area contributed by atoms with Gasteiger partial charge in [0.1, 0.15) is 13.2 Å². The summed E-state index contributed by atoms with van der Waals surface area (Å²) in [6.45, 7) is 5.45. The van der Waals surface area contributed by atoms with E-state index in [1.54, 1.807) is 53.4 Å². The van der Waals surface area contributed by atoms with Crippen molar-refractivity contribution in [2.45, 2.75) is 27.1 Å². The van der Waals surface area contributed by atoms with Gasteiger partial charge in [-0.25, -0.2) is 4.99 Å². The molecule has 0 saturated carbocycles. The molecule has 1 aliphatic heterocycles. The molecule has 1 aliphatic rings. The Hall–Kier alpha value is -4.41. The van der Waals surface area contributed by atoms with Crippen LogP contribution in [0.5, 0.6) is 23.0 Å². The molecule has 1 saturated heterocycles. The SMILES string of the molecule is CCOc1cc(COc2c(Br)cc(/C=C3/SC(=Nc4ccc(Cl)cc4)N(c4ccc(Cl)cc4)C3=O)cc2OCC)ccc1OCc1ccccc1. The van der Waals surface area contributed by atoms with Crippen molar-refractivity contribution in [3.05, 3.63) is 145 Å². The zero-order chi connectivity index (χ0) is 35.7. The summed E-state index contributed by atoms with van der Waals surface area (Å²) >= 11 is 17.2. The molecule has 6 rings (SSSR count). The molecule has 1 amide bonds. The summed E-state index contributed by atoms with van der Waals surface area (Å²) in [5.74, 6) is 2.16. The van der Waals surface area contributed by atoms with Crippen LogP contribution in [0.15, 0.2) is 124 Å². The van der Waals surface area contributed by atoms with Gasteiger partial charge < -0.3 is 18.9 Å². The normalized spacial score (nSPS) is 14.3. The van der Waals surface area contributed by atoms with Gasteiger partial charge in [-0.2, -0.15) is 0 Å². The summed E-state index contributed by atoms with van der Waals surface area (Å²) in [4.78, 5) is 20.7. The van der Waals surface area contributed by atoms with Gasteiger partial charge in [0.15, 0.2) is 28.2 Å². The number of halogens is 3. The second kappa shape index (κ2) is 17.2. The summed E-state index contributed by atoms with van der Waals surface area (Å²) in [6.07, 6.45) is 1.82. The Morgan fingerprint density at radius 3 is 2.10 bits per heavy atom. The van der Waals surface area contributed by atoms with Crippen LogP contribution in [0, 0.1) is 0 Å². The predicted molar refractivity (Wildman–Crippen MR) is 211 cm³/mol. The topological polar surface area (TPSA) is 69.6 Å². The Labute approximate surface area is 319 Å². The predicted octanol–water partition coefficient (Wildman–Crippen LogP) is 11.5. The fraction of sp³-hybridized carbons (Fsp3) is 0.150. The Kier molecular flexibility index (Phi) is 12.3. The van der Waals surface area contributed by atoms with Crippen molar-refractivity contribution in [3.8, 4) is 23.0 Å². The minimum Gasteiger partial charge on any atom is -0.490 e. The lowest BCUT2D eigenvalue weighted by Gasteiger charge is -2.17. The van der Waals surface area contributed by atoms with Gasteiger partial charge in [0.2, 0.25) is 0 Å². The molecule has 11 heteroatoms. The van der Waals surface area contributed by atoms with E-state index in [-0.39, 0.29) is 12.5 Å². The summed E-state index contributed by atoms with van der Waals surface area (Å²) in [7, 11) is 0. The van der Waals surface area contributed by atoms with Crippen LogP contribution in [0.25, 0.3) is 6.08 Å². The Morgan fingerprint density at radius 2 is 1.39 bits per heavy atom. The second-order valence-electron chi connectivity index (χ2n) is 11.1. The standard InChI is InChI=1S/C40H33BrCl2N2O5S/c1-3-47-35-21-27(10-19-34(35)49-24-26-8-6-5-7-9-26)25-50-38-33(41)20-28(22-36(38)48-4-2)23-37-39(46)45(32-17-13-30(43)14-18-32)40(51-37)44-31-15-11-29(42)12-16-31/h5-23H,3-4,24-25H2,1-2H3/b37-23+,44-40?. The van der Waals surface area contributed by atoms with E-state index in [0.717, 1.165) is 16.7 Å². The van der Waals surface area contributed by atoms with E-state index in [4.69, 9.17) is 47.1 Å². The average molecular weight is 805 g/mol. The lowest BCUT2D eigenvalue weighted by molar-refractivity contribution is -0.113. The van der Waals surface area contributed by atoms with Gasteiger partial charge in [0.05, 0.1) is 34.0 Å². The van der Waals surface area contributed by atoms with Crippen molar-refractivity contribution in [3.63, 3.8) is 0 Å². The van der Waals surface area contributed by atoms with Gasteiger partial charge in [0, 0.05) is 10.0 Å². The first-order chi connectivity index (χ1) is 24.8. The molecular weight excluding hydrogens is 771 g/mol. The van der Waals surface area contributed by atoms with Gasteiger partial charge in [-0.3, -0.25) is 9.69 Å². The molecule has 260 valence electrons. The van der Waals surface area contributed by atoms with E-state index in [0.29, 0.717) is 78.8 Å². The maximum absolute atomic E-state index is 13.9. The minimum atomic E-state index is -0.217. The number of hydrogen-bond acceptors (Lipinski definition) is 7. The van der Waals surface area contributed by atoms with Crippen molar-refractivity contribution in [2.24, 2.45) is 4.99 Å². The third kappa shape index (κ3) is 9.28. The molecule has 5 aromatic carbocycles. The zero-order valence-electron chi connectivity index (χ0n) is 27.8. The molecule has 0 bridgehead atoms. The maximum Gasteiger partial charge on any atom is 0.271 e. The van der Waals surface area contributed by atoms with E-state index in [9.17, 15) is 4.79 Å². The third-order valence-corrected chi connectivity index (χ3v) is 9.56. The number of amidine groups is 1. The molecule has 0 radical (unpaired) electrons. The summed E-state index contributed by atoms with van der Waals surface area (Å²) in [6, 6.07) is 33.7. The highest BCUT2D eigenvalue weighted by atomic mass is 79.9. The van der Waals surface area contributed by atoms with Gasteiger partial charge in [-0.05, 0) is 137 Å². The van der Waals surface area contributed by atoms with Gasteiger partial charge in [-0.15, -0.1) is 0 Å². The lowest BCUT2D eigenvalue weighted by atomic mass is 10.1. The van der Waals surface area contributed by atoms with E-state index in [2.05, 4.69) is 15.9 Å². The average Bonchev–Trinajstić information content (AvgIpc) is 3.42. The highest BCUT2D eigenvalue weighted by Crippen LogP contribution is 2.42. The molecule has 1 fully saturated rings.